The van der Waals surface area contributed by atoms with Crippen molar-refractivity contribution in [2.45, 2.75) is 102 Å². The van der Waals surface area contributed by atoms with Crippen LogP contribution in [0.3, 0.4) is 0 Å². The maximum atomic E-state index is 12.5. The summed E-state index contributed by atoms with van der Waals surface area (Å²) >= 11 is 0. The highest BCUT2D eigenvalue weighted by Gasteiger charge is 2.18. The third kappa shape index (κ3) is 11.1. The lowest BCUT2D eigenvalue weighted by atomic mass is 10.0. The van der Waals surface area contributed by atoms with Gasteiger partial charge in [-0.2, -0.15) is 0 Å². The van der Waals surface area contributed by atoms with E-state index in [0.717, 1.165) is 53.9 Å². The topological polar surface area (TPSA) is 49.8 Å². The molecule has 0 atom stereocenters. The van der Waals surface area contributed by atoms with Crippen molar-refractivity contribution in [3.63, 3.8) is 0 Å². The summed E-state index contributed by atoms with van der Waals surface area (Å²) in [6.45, 7) is 23.6. The maximum absolute atomic E-state index is 12.5. The number of piperidine rings is 1. The molecule has 1 heterocycles. The molecule has 1 saturated heterocycles. The molecule has 3 rings (SSSR count). The second-order valence-corrected chi connectivity index (χ2v) is 7.23. The highest BCUT2D eigenvalue weighted by molar-refractivity contribution is 5.79. The van der Waals surface area contributed by atoms with Gasteiger partial charge in [0.25, 0.3) is 0 Å². The predicted molar refractivity (Wildman–Crippen MR) is 148 cm³/mol. The van der Waals surface area contributed by atoms with Gasteiger partial charge in [-0.25, -0.2) is 0 Å². The van der Waals surface area contributed by atoms with E-state index in [4.69, 9.17) is 4.74 Å². The number of carbonyl (C=O) groups is 1. The van der Waals surface area contributed by atoms with Crippen molar-refractivity contribution in [1.29, 1.82) is 0 Å². The molecule has 1 aliphatic rings. The molecule has 4 nitrogen and oxygen atoms in total. The summed E-state index contributed by atoms with van der Waals surface area (Å²) in [5.41, 5.74) is 3.83. The van der Waals surface area contributed by atoms with Crippen LogP contribution in [-0.2, 0) is 11.2 Å². The van der Waals surface area contributed by atoms with Gasteiger partial charge < -0.3 is 14.7 Å². The second-order valence-electron chi connectivity index (χ2n) is 7.23. The van der Waals surface area contributed by atoms with E-state index in [1.165, 1.54) is 6.42 Å². The summed E-state index contributed by atoms with van der Waals surface area (Å²) in [6, 6.07) is 9.30. The summed E-state index contributed by atoms with van der Waals surface area (Å²) < 4.78 is 6.05. The molecule has 0 saturated carbocycles. The van der Waals surface area contributed by atoms with Gasteiger partial charge in [0.2, 0.25) is 5.91 Å². The lowest BCUT2D eigenvalue weighted by Crippen LogP contribution is -2.36. The van der Waals surface area contributed by atoms with Crippen molar-refractivity contribution < 1.29 is 14.6 Å². The highest BCUT2D eigenvalue weighted by Crippen LogP contribution is 2.32. The zero-order chi connectivity index (χ0) is 26.7. The minimum atomic E-state index is 0.214. The van der Waals surface area contributed by atoms with Crippen molar-refractivity contribution in [2.75, 3.05) is 13.1 Å². The molecule has 1 fully saturated rings. The fraction of sp³-hybridized carbons (Fsp3) is 0.567. The van der Waals surface area contributed by atoms with Crippen molar-refractivity contribution in [3.8, 4) is 17.2 Å². The van der Waals surface area contributed by atoms with Gasteiger partial charge >= 0.3 is 0 Å². The van der Waals surface area contributed by atoms with Crippen LogP contribution in [0, 0.1) is 20.8 Å². The summed E-state index contributed by atoms with van der Waals surface area (Å²) in [5.74, 6) is 1.98. The monoisotopic (exact) mass is 473 g/mol. The molecule has 2 aromatic carbocycles. The number of ether oxygens (including phenoxy) is 1. The van der Waals surface area contributed by atoms with Gasteiger partial charge in [-0.15, -0.1) is 0 Å². The summed E-state index contributed by atoms with van der Waals surface area (Å²) in [7, 11) is 0. The van der Waals surface area contributed by atoms with Crippen LogP contribution in [0.2, 0.25) is 0 Å². The highest BCUT2D eigenvalue weighted by atomic mass is 16.5. The lowest BCUT2D eigenvalue weighted by molar-refractivity contribution is -0.131. The zero-order valence-electron chi connectivity index (χ0n) is 23.8. The summed E-state index contributed by atoms with van der Waals surface area (Å²) in [6.07, 6.45) is 3.90. The van der Waals surface area contributed by atoms with Crippen LogP contribution in [0.1, 0.15) is 96.9 Å². The fourth-order valence-corrected chi connectivity index (χ4v) is 3.54. The van der Waals surface area contributed by atoms with E-state index < -0.39 is 0 Å². The predicted octanol–water partition coefficient (Wildman–Crippen LogP) is 8.77. The van der Waals surface area contributed by atoms with Crippen LogP contribution in [0.5, 0.6) is 17.2 Å². The number of nitrogens with zero attached hydrogens (tertiary/aromatic N) is 1. The molecular weight excluding hydrogens is 422 g/mol. The third-order valence-corrected chi connectivity index (χ3v) is 4.97. The van der Waals surface area contributed by atoms with Gasteiger partial charge in [-0.3, -0.25) is 4.79 Å². The Bertz CT molecular complexity index is 786. The number of benzene rings is 2. The number of rotatable bonds is 4. The average Bonchev–Trinajstić information content (AvgIpc) is 2.89. The van der Waals surface area contributed by atoms with E-state index >= 15 is 0 Å². The fourth-order valence-electron chi connectivity index (χ4n) is 3.54. The SMILES string of the molecule is CC.CC.CC.CC.Cc1cc(Oc2c(C)cc(CC(=O)N3CCCCC3)cc2C)ccc1O. The molecule has 0 unspecified atom stereocenters. The molecule has 1 N–H and O–H groups in total. The van der Waals surface area contributed by atoms with E-state index in [1.54, 1.807) is 12.1 Å². The number of phenols is 1. The molecule has 0 spiro atoms. The van der Waals surface area contributed by atoms with E-state index in [1.807, 2.05) is 99.3 Å². The first-order valence-electron chi connectivity index (χ1n) is 13.3. The van der Waals surface area contributed by atoms with Crippen LogP contribution in [0.15, 0.2) is 30.3 Å². The van der Waals surface area contributed by atoms with Gasteiger partial charge in [-0.05, 0) is 80.5 Å². The Hall–Kier alpha value is -2.49. The van der Waals surface area contributed by atoms with Crippen LogP contribution >= 0.6 is 0 Å². The van der Waals surface area contributed by atoms with Crippen LogP contribution in [-0.4, -0.2) is 29.0 Å². The quantitative estimate of drug-likeness (QED) is 0.483. The Kier molecular flexibility index (Phi) is 19.7. The Balaban J connectivity index is 0. The standard InChI is InChI=1S/C22H27NO3.4C2H6/c1-15-13-19(7-8-20(15)24)26-22-16(2)11-18(12-17(22)3)14-21(25)23-9-5-4-6-10-23;4*1-2/h7-8,11-13,24H,4-6,9-10,14H2,1-3H3;4*1-2H3. The van der Waals surface area contributed by atoms with Crippen molar-refractivity contribution >= 4 is 5.91 Å². The minimum absolute atomic E-state index is 0.214. The first kappa shape index (κ1) is 33.7. The normalized spacial score (nSPS) is 11.7. The number of aryl methyl sites for hydroxylation is 3. The van der Waals surface area contributed by atoms with Gasteiger partial charge in [0, 0.05) is 13.1 Å². The molecule has 34 heavy (non-hydrogen) atoms. The number of carbonyl (C=O) groups excluding carboxylic acids is 1. The number of hydrogen-bond donors (Lipinski definition) is 1. The van der Waals surface area contributed by atoms with Gasteiger partial charge in [-0.1, -0.05) is 67.5 Å². The largest absolute Gasteiger partial charge is 0.508 e. The first-order chi connectivity index (χ1) is 16.4. The molecule has 0 aliphatic carbocycles. The summed E-state index contributed by atoms with van der Waals surface area (Å²) in [4.78, 5) is 14.5. The van der Waals surface area contributed by atoms with E-state index in [0.29, 0.717) is 12.2 Å². The van der Waals surface area contributed by atoms with Gasteiger partial charge in [0.05, 0.1) is 6.42 Å². The molecule has 1 aliphatic heterocycles. The zero-order valence-corrected chi connectivity index (χ0v) is 23.8. The van der Waals surface area contributed by atoms with Gasteiger partial charge in [0.15, 0.2) is 0 Å². The molecule has 194 valence electrons. The molecule has 0 aromatic heterocycles. The van der Waals surface area contributed by atoms with Crippen LogP contribution in [0.4, 0.5) is 0 Å². The van der Waals surface area contributed by atoms with Crippen LogP contribution < -0.4 is 4.74 Å². The third-order valence-electron chi connectivity index (χ3n) is 4.97. The Labute approximate surface area is 210 Å². The number of likely N-dealkylation sites (tertiary alicyclic amines) is 1. The number of hydrogen-bond acceptors (Lipinski definition) is 3. The Morgan fingerprint density at radius 2 is 1.29 bits per heavy atom. The van der Waals surface area contributed by atoms with E-state index in [2.05, 4.69) is 0 Å². The number of amides is 1. The van der Waals surface area contributed by atoms with Gasteiger partial charge in [0.1, 0.15) is 17.2 Å². The average molecular weight is 474 g/mol. The van der Waals surface area contributed by atoms with E-state index in [9.17, 15) is 9.90 Å². The Morgan fingerprint density at radius 1 is 0.794 bits per heavy atom. The lowest BCUT2D eigenvalue weighted by Gasteiger charge is -2.27. The number of phenolic OH excluding ortho intramolecular Hbond substituents is 1. The molecule has 2 aromatic rings. The van der Waals surface area contributed by atoms with Crippen molar-refractivity contribution in [3.05, 3.63) is 52.6 Å². The Morgan fingerprint density at radius 3 is 1.76 bits per heavy atom. The smallest absolute Gasteiger partial charge is 0.226 e. The first-order valence-corrected chi connectivity index (χ1v) is 13.3. The molecule has 0 bridgehead atoms. The summed E-state index contributed by atoms with van der Waals surface area (Å²) in [5, 5.41) is 9.66. The number of aromatic hydroxyl groups is 1. The minimum Gasteiger partial charge on any atom is -0.508 e. The maximum Gasteiger partial charge on any atom is 0.226 e. The second kappa shape index (κ2) is 19.9. The van der Waals surface area contributed by atoms with Crippen molar-refractivity contribution in [1.82, 2.24) is 4.90 Å². The van der Waals surface area contributed by atoms with E-state index in [-0.39, 0.29) is 11.7 Å². The van der Waals surface area contributed by atoms with Crippen LogP contribution in [0.25, 0.3) is 0 Å². The molecule has 0 radical (unpaired) electrons. The molecule has 1 amide bonds. The molecular formula is C30H51NO3. The van der Waals surface area contributed by atoms with Crippen molar-refractivity contribution in [2.24, 2.45) is 0 Å². The molecule has 4 heteroatoms.